The molecule has 1 saturated carbocycles. The third kappa shape index (κ3) is 5.53. The van der Waals surface area contributed by atoms with E-state index in [1.807, 2.05) is 4.90 Å². The van der Waals surface area contributed by atoms with Crippen LogP contribution in [0.15, 0.2) is 0 Å². The standard InChI is InChI=1S/C16H30N4O2.ClH/c17-12-16(7-3-1-4-8-16)10-14(21)20-9-5-2-6-13(20)11-19-15(18)22;/h13H,1-12,17H2,(H3,18,19,22);1H. The number of urea groups is 1. The smallest absolute Gasteiger partial charge is 0.312 e. The summed E-state index contributed by atoms with van der Waals surface area (Å²) in [6.45, 7) is 1.83. The molecular weight excluding hydrogens is 316 g/mol. The van der Waals surface area contributed by atoms with Crippen LogP contribution in [0.1, 0.15) is 57.8 Å². The van der Waals surface area contributed by atoms with Crippen LogP contribution in [0.4, 0.5) is 4.79 Å². The third-order valence-corrected chi connectivity index (χ3v) is 5.33. The number of nitrogens with one attached hydrogen (secondary N) is 1. The van der Waals surface area contributed by atoms with E-state index in [0.29, 0.717) is 19.5 Å². The molecule has 6 nitrogen and oxygen atoms in total. The molecule has 134 valence electrons. The monoisotopic (exact) mass is 346 g/mol. The number of primary amides is 1. The summed E-state index contributed by atoms with van der Waals surface area (Å²) in [5, 5.41) is 2.65. The second kappa shape index (κ2) is 9.33. The van der Waals surface area contributed by atoms with E-state index in [2.05, 4.69) is 5.32 Å². The number of nitrogens with zero attached hydrogens (tertiary/aromatic N) is 1. The molecule has 2 aliphatic rings. The highest BCUT2D eigenvalue weighted by molar-refractivity contribution is 5.85. The minimum Gasteiger partial charge on any atom is -0.352 e. The van der Waals surface area contributed by atoms with Crippen molar-refractivity contribution in [2.45, 2.75) is 63.8 Å². The Morgan fingerprint density at radius 2 is 1.83 bits per heavy atom. The van der Waals surface area contributed by atoms with Crippen molar-refractivity contribution in [3.8, 4) is 0 Å². The Bertz CT molecular complexity index is 400. The van der Waals surface area contributed by atoms with E-state index >= 15 is 0 Å². The van der Waals surface area contributed by atoms with E-state index in [0.717, 1.165) is 38.6 Å². The summed E-state index contributed by atoms with van der Waals surface area (Å²) >= 11 is 0. The molecule has 0 spiro atoms. The third-order valence-electron chi connectivity index (χ3n) is 5.33. The number of likely N-dealkylation sites (tertiary alicyclic amines) is 1. The highest BCUT2D eigenvalue weighted by Gasteiger charge is 2.36. The van der Waals surface area contributed by atoms with E-state index in [1.54, 1.807) is 0 Å². The highest BCUT2D eigenvalue weighted by Crippen LogP contribution is 2.39. The molecule has 1 aliphatic heterocycles. The maximum Gasteiger partial charge on any atom is 0.312 e. The molecule has 23 heavy (non-hydrogen) atoms. The average Bonchev–Trinajstić information content (AvgIpc) is 2.54. The van der Waals surface area contributed by atoms with Gasteiger partial charge in [-0.2, -0.15) is 0 Å². The van der Waals surface area contributed by atoms with Crippen LogP contribution < -0.4 is 16.8 Å². The van der Waals surface area contributed by atoms with Gasteiger partial charge in [0.15, 0.2) is 0 Å². The molecule has 0 bridgehead atoms. The normalized spacial score (nSPS) is 23.7. The quantitative estimate of drug-likeness (QED) is 0.706. The maximum absolute atomic E-state index is 12.8. The number of halogens is 1. The first kappa shape index (κ1) is 20.0. The summed E-state index contributed by atoms with van der Waals surface area (Å²) in [5.41, 5.74) is 11.2. The lowest BCUT2D eigenvalue weighted by Gasteiger charge is -2.41. The minimum atomic E-state index is -0.524. The van der Waals surface area contributed by atoms with Crippen molar-refractivity contribution in [2.75, 3.05) is 19.6 Å². The molecule has 0 aromatic heterocycles. The summed E-state index contributed by atoms with van der Waals surface area (Å²) in [5.74, 6) is 0.198. The van der Waals surface area contributed by atoms with Crippen LogP contribution in [-0.2, 0) is 4.79 Å². The number of carbonyl (C=O) groups is 2. The summed E-state index contributed by atoms with van der Waals surface area (Å²) in [4.78, 5) is 25.7. The van der Waals surface area contributed by atoms with E-state index in [-0.39, 0.29) is 29.8 Å². The largest absolute Gasteiger partial charge is 0.352 e. The van der Waals surface area contributed by atoms with E-state index in [1.165, 1.54) is 19.3 Å². The molecule has 3 amide bonds. The molecule has 0 aromatic carbocycles. The minimum absolute atomic E-state index is 0. The first-order chi connectivity index (χ1) is 10.6. The Morgan fingerprint density at radius 3 is 2.43 bits per heavy atom. The Balaban J connectivity index is 0.00000264. The number of piperidine rings is 1. The fourth-order valence-electron chi connectivity index (χ4n) is 3.94. The van der Waals surface area contributed by atoms with Gasteiger partial charge in [-0.1, -0.05) is 19.3 Å². The Labute approximate surface area is 145 Å². The van der Waals surface area contributed by atoms with Crippen LogP contribution in [0.25, 0.3) is 0 Å². The van der Waals surface area contributed by atoms with Gasteiger partial charge in [-0.15, -0.1) is 12.4 Å². The van der Waals surface area contributed by atoms with Gasteiger partial charge in [-0.25, -0.2) is 4.79 Å². The van der Waals surface area contributed by atoms with E-state index < -0.39 is 6.03 Å². The van der Waals surface area contributed by atoms with Gasteiger partial charge in [0.05, 0.1) is 0 Å². The van der Waals surface area contributed by atoms with Gasteiger partial charge >= 0.3 is 6.03 Å². The Kier molecular flexibility index (Phi) is 8.12. The Morgan fingerprint density at radius 1 is 1.13 bits per heavy atom. The predicted molar refractivity (Wildman–Crippen MR) is 93.4 cm³/mol. The van der Waals surface area contributed by atoms with Crippen LogP contribution in [-0.4, -0.2) is 42.5 Å². The molecule has 0 radical (unpaired) electrons. The van der Waals surface area contributed by atoms with Crippen molar-refractivity contribution in [1.29, 1.82) is 0 Å². The first-order valence-corrected chi connectivity index (χ1v) is 8.59. The highest BCUT2D eigenvalue weighted by atomic mass is 35.5. The number of rotatable bonds is 5. The fraction of sp³-hybridized carbons (Fsp3) is 0.875. The van der Waals surface area contributed by atoms with Gasteiger partial charge in [0.25, 0.3) is 0 Å². The molecule has 1 heterocycles. The second-order valence-electron chi connectivity index (χ2n) is 6.92. The van der Waals surface area contributed by atoms with Gasteiger partial charge < -0.3 is 21.7 Å². The molecule has 1 unspecified atom stereocenters. The molecule has 7 heteroatoms. The average molecular weight is 347 g/mol. The summed E-state index contributed by atoms with van der Waals surface area (Å²) < 4.78 is 0. The number of hydrogen-bond acceptors (Lipinski definition) is 3. The van der Waals surface area contributed by atoms with Crippen LogP contribution in [0.5, 0.6) is 0 Å². The zero-order valence-corrected chi connectivity index (χ0v) is 14.7. The number of carbonyl (C=O) groups excluding carboxylic acids is 2. The zero-order valence-electron chi connectivity index (χ0n) is 13.9. The van der Waals surface area contributed by atoms with Crippen molar-refractivity contribution in [3.63, 3.8) is 0 Å². The zero-order chi connectivity index (χ0) is 16.0. The molecular formula is C16H31ClN4O2. The molecule has 0 aromatic rings. The van der Waals surface area contributed by atoms with Crippen LogP contribution in [0.3, 0.4) is 0 Å². The first-order valence-electron chi connectivity index (χ1n) is 8.59. The lowest BCUT2D eigenvalue weighted by atomic mass is 9.71. The number of hydrogen-bond donors (Lipinski definition) is 3. The van der Waals surface area contributed by atoms with Gasteiger partial charge in [-0.05, 0) is 44.1 Å². The number of nitrogens with two attached hydrogens (primary N) is 2. The molecule has 1 aliphatic carbocycles. The number of amides is 3. The lowest BCUT2D eigenvalue weighted by molar-refractivity contribution is -0.137. The van der Waals surface area contributed by atoms with Crippen molar-refractivity contribution in [3.05, 3.63) is 0 Å². The second-order valence-corrected chi connectivity index (χ2v) is 6.92. The summed E-state index contributed by atoms with van der Waals surface area (Å²) in [7, 11) is 0. The van der Waals surface area contributed by atoms with Crippen LogP contribution in [0, 0.1) is 5.41 Å². The van der Waals surface area contributed by atoms with Crippen molar-refractivity contribution in [2.24, 2.45) is 16.9 Å². The molecule has 1 atom stereocenters. The van der Waals surface area contributed by atoms with Gasteiger partial charge in [0.2, 0.25) is 5.91 Å². The molecule has 1 saturated heterocycles. The van der Waals surface area contributed by atoms with Crippen molar-refractivity contribution >= 4 is 24.3 Å². The maximum atomic E-state index is 12.8. The summed E-state index contributed by atoms with van der Waals surface area (Å²) in [6.07, 6.45) is 9.35. The van der Waals surface area contributed by atoms with Gasteiger partial charge in [-0.3, -0.25) is 4.79 Å². The molecule has 5 N–H and O–H groups in total. The Hall–Kier alpha value is -1.01. The fourth-order valence-corrected chi connectivity index (χ4v) is 3.94. The SMILES string of the molecule is Cl.NCC1(CC(=O)N2CCCCC2CNC(N)=O)CCCCC1. The van der Waals surface area contributed by atoms with Crippen LogP contribution >= 0.6 is 12.4 Å². The van der Waals surface area contributed by atoms with Crippen LogP contribution in [0.2, 0.25) is 0 Å². The molecule has 2 rings (SSSR count). The van der Waals surface area contributed by atoms with Crippen molar-refractivity contribution < 1.29 is 9.59 Å². The van der Waals surface area contributed by atoms with E-state index in [9.17, 15) is 9.59 Å². The van der Waals surface area contributed by atoms with Gasteiger partial charge in [0, 0.05) is 25.6 Å². The topological polar surface area (TPSA) is 101 Å². The van der Waals surface area contributed by atoms with Gasteiger partial charge in [0.1, 0.15) is 0 Å². The lowest BCUT2D eigenvalue weighted by Crippen LogP contribution is -2.51. The van der Waals surface area contributed by atoms with E-state index in [4.69, 9.17) is 11.5 Å². The predicted octanol–water partition coefficient (Wildman–Crippen LogP) is 1.76. The summed E-state index contributed by atoms with van der Waals surface area (Å²) in [6, 6.07) is -0.448. The van der Waals surface area contributed by atoms with Crippen molar-refractivity contribution in [1.82, 2.24) is 10.2 Å². The molecule has 2 fully saturated rings.